The fraction of sp³-hybridized carbons (Fsp3) is 0.667. The standard InChI is InChI=1S/C27H36O15/c1-7-17-18(10-21-34-8-9-35-21)19(25(32)33-6)11-37-26(17)42-27-24(40-16(5)31)23(39-15(4)30)22(38-14(3)29)20(41-27)12-36-13(2)28/h7,11,17-18,20-24,26-27H,1,8-10,12H2,2-6H3/t17?,18?,20-,22-,23+,24-,26?,27+/m1/s1. The molecule has 0 radical (unpaired) electrons. The van der Waals surface area contributed by atoms with Crippen LogP contribution in [0.1, 0.15) is 34.1 Å². The maximum atomic E-state index is 12.6. The highest BCUT2D eigenvalue weighted by atomic mass is 16.8. The van der Waals surface area contributed by atoms with E-state index >= 15 is 0 Å². The second-order valence-electron chi connectivity index (χ2n) is 9.60. The Bertz CT molecular complexity index is 1050. The fourth-order valence-electron chi connectivity index (χ4n) is 4.90. The number of rotatable bonds is 11. The number of methoxy groups -OCH3 is 1. The van der Waals surface area contributed by atoms with E-state index in [0.717, 1.165) is 27.7 Å². The van der Waals surface area contributed by atoms with Crippen LogP contribution in [-0.4, -0.2) is 100 Å². The Morgan fingerprint density at radius 2 is 1.48 bits per heavy atom. The molecule has 0 amide bonds. The van der Waals surface area contributed by atoms with Crippen LogP contribution in [0.3, 0.4) is 0 Å². The van der Waals surface area contributed by atoms with E-state index in [1.54, 1.807) is 0 Å². The SMILES string of the molecule is C=CC1C(O[C@@H]2O[C@H](COC(C)=O)[C@@H](OC(C)=O)[C@H](OC(C)=O)[C@H]2OC(C)=O)OC=C(C(=O)OC)C1CC1OCCO1. The topological polar surface area (TPSA) is 178 Å². The van der Waals surface area contributed by atoms with Crippen molar-refractivity contribution in [3.63, 3.8) is 0 Å². The summed E-state index contributed by atoms with van der Waals surface area (Å²) >= 11 is 0. The molecular formula is C27H36O15. The number of carbonyl (C=O) groups is 5. The van der Waals surface area contributed by atoms with E-state index in [-0.39, 0.29) is 12.0 Å². The first-order chi connectivity index (χ1) is 19.9. The van der Waals surface area contributed by atoms with Crippen LogP contribution in [0.5, 0.6) is 0 Å². The highest BCUT2D eigenvalue weighted by molar-refractivity contribution is 5.89. The average molecular weight is 601 g/mol. The molecule has 0 aromatic rings. The largest absolute Gasteiger partial charge is 0.471 e. The second kappa shape index (κ2) is 15.1. The third kappa shape index (κ3) is 8.50. The van der Waals surface area contributed by atoms with E-state index in [9.17, 15) is 24.0 Å². The highest BCUT2D eigenvalue weighted by Crippen LogP contribution is 2.39. The van der Waals surface area contributed by atoms with E-state index in [2.05, 4.69) is 6.58 Å². The van der Waals surface area contributed by atoms with Gasteiger partial charge in [0.1, 0.15) is 12.7 Å². The molecule has 15 nitrogen and oxygen atoms in total. The van der Waals surface area contributed by atoms with Crippen molar-refractivity contribution in [2.24, 2.45) is 11.8 Å². The van der Waals surface area contributed by atoms with E-state index in [1.807, 2.05) is 0 Å². The van der Waals surface area contributed by atoms with Crippen molar-refractivity contribution < 1.29 is 71.3 Å². The third-order valence-corrected chi connectivity index (χ3v) is 6.55. The van der Waals surface area contributed by atoms with Gasteiger partial charge in [0, 0.05) is 46.0 Å². The van der Waals surface area contributed by atoms with Crippen LogP contribution in [0.2, 0.25) is 0 Å². The first-order valence-electron chi connectivity index (χ1n) is 13.2. The van der Waals surface area contributed by atoms with Gasteiger partial charge in [-0.1, -0.05) is 6.08 Å². The Kier molecular flexibility index (Phi) is 11.8. The second-order valence-corrected chi connectivity index (χ2v) is 9.60. The lowest BCUT2D eigenvalue weighted by Gasteiger charge is -2.46. The Balaban J connectivity index is 1.98. The zero-order valence-corrected chi connectivity index (χ0v) is 24.0. The van der Waals surface area contributed by atoms with Crippen LogP contribution < -0.4 is 0 Å². The summed E-state index contributed by atoms with van der Waals surface area (Å²) in [6, 6.07) is 0. The van der Waals surface area contributed by atoms with Gasteiger partial charge in [0.15, 0.2) is 24.6 Å². The molecule has 0 spiro atoms. The Hall–Kier alpha value is -3.53. The van der Waals surface area contributed by atoms with Gasteiger partial charge in [-0.25, -0.2) is 4.79 Å². The van der Waals surface area contributed by atoms with Crippen LogP contribution in [0.25, 0.3) is 0 Å². The Morgan fingerprint density at radius 1 is 0.881 bits per heavy atom. The smallest absolute Gasteiger partial charge is 0.337 e. The molecule has 42 heavy (non-hydrogen) atoms. The molecule has 234 valence electrons. The van der Waals surface area contributed by atoms with E-state index < -0.39 is 91.6 Å². The predicted octanol–water partition coefficient (Wildman–Crippen LogP) is 0.681. The summed E-state index contributed by atoms with van der Waals surface area (Å²) in [5.41, 5.74) is 0.183. The van der Waals surface area contributed by atoms with Crippen LogP contribution in [0.4, 0.5) is 0 Å². The van der Waals surface area contributed by atoms with Crippen LogP contribution in [0.15, 0.2) is 24.5 Å². The lowest BCUT2D eigenvalue weighted by atomic mass is 9.81. The summed E-state index contributed by atoms with van der Waals surface area (Å²) in [7, 11) is 1.23. The van der Waals surface area contributed by atoms with Crippen molar-refractivity contribution in [2.45, 2.75) is 77.4 Å². The minimum atomic E-state index is -1.51. The maximum Gasteiger partial charge on any atom is 0.337 e. The molecule has 3 unspecified atom stereocenters. The summed E-state index contributed by atoms with van der Waals surface area (Å²) < 4.78 is 55.4. The molecule has 0 aliphatic carbocycles. The third-order valence-electron chi connectivity index (χ3n) is 6.55. The van der Waals surface area contributed by atoms with Crippen molar-refractivity contribution in [3.8, 4) is 0 Å². The zero-order chi connectivity index (χ0) is 31.0. The summed E-state index contributed by atoms with van der Waals surface area (Å²) in [5.74, 6) is -4.98. The number of hydrogen-bond acceptors (Lipinski definition) is 15. The lowest BCUT2D eigenvalue weighted by Crippen LogP contribution is -2.63. The van der Waals surface area contributed by atoms with Crippen LogP contribution in [0, 0.1) is 11.8 Å². The van der Waals surface area contributed by atoms with Gasteiger partial charge >= 0.3 is 29.8 Å². The first kappa shape index (κ1) is 33.0. The number of esters is 5. The van der Waals surface area contributed by atoms with Crippen molar-refractivity contribution in [1.29, 1.82) is 0 Å². The Labute approximate surface area is 242 Å². The molecule has 3 heterocycles. The molecule has 0 bridgehead atoms. The maximum absolute atomic E-state index is 12.6. The van der Waals surface area contributed by atoms with Gasteiger partial charge in [-0.05, 0) is 0 Å². The van der Waals surface area contributed by atoms with Gasteiger partial charge in [-0.3, -0.25) is 19.2 Å². The molecular weight excluding hydrogens is 564 g/mol. The summed E-state index contributed by atoms with van der Waals surface area (Å²) in [4.78, 5) is 60.4. The number of ether oxygens (including phenoxy) is 10. The molecule has 0 aromatic heterocycles. The molecule has 3 aliphatic heterocycles. The van der Waals surface area contributed by atoms with Gasteiger partial charge < -0.3 is 47.4 Å². The molecule has 2 saturated heterocycles. The van der Waals surface area contributed by atoms with Crippen molar-refractivity contribution in [3.05, 3.63) is 24.5 Å². The van der Waals surface area contributed by atoms with E-state index in [4.69, 9.17) is 47.4 Å². The zero-order valence-electron chi connectivity index (χ0n) is 24.0. The van der Waals surface area contributed by atoms with Crippen LogP contribution in [-0.2, 0) is 71.3 Å². The van der Waals surface area contributed by atoms with Gasteiger partial charge in [0.25, 0.3) is 0 Å². The summed E-state index contributed by atoms with van der Waals surface area (Å²) in [5, 5.41) is 0. The number of carbonyl (C=O) groups excluding carboxylic acids is 5. The van der Waals surface area contributed by atoms with Crippen molar-refractivity contribution in [1.82, 2.24) is 0 Å². The Morgan fingerprint density at radius 3 is 2.02 bits per heavy atom. The normalized spacial score (nSPS) is 31.1. The fourth-order valence-corrected chi connectivity index (χ4v) is 4.90. The minimum Gasteiger partial charge on any atom is -0.471 e. The molecule has 0 saturated carbocycles. The quantitative estimate of drug-likeness (QED) is 0.184. The van der Waals surface area contributed by atoms with Gasteiger partial charge in [-0.15, -0.1) is 6.58 Å². The predicted molar refractivity (Wildman–Crippen MR) is 135 cm³/mol. The molecule has 3 aliphatic rings. The lowest BCUT2D eigenvalue weighted by molar-refractivity contribution is -0.342. The average Bonchev–Trinajstić information content (AvgIpc) is 3.43. The summed E-state index contributed by atoms with van der Waals surface area (Å²) in [6.45, 7) is 8.71. The van der Waals surface area contributed by atoms with Crippen molar-refractivity contribution in [2.75, 3.05) is 26.9 Å². The van der Waals surface area contributed by atoms with Gasteiger partial charge in [0.05, 0.1) is 32.2 Å². The van der Waals surface area contributed by atoms with Crippen molar-refractivity contribution >= 4 is 29.8 Å². The monoisotopic (exact) mass is 600 g/mol. The minimum absolute atomic E-state index is 0.183. The molecule has 0 aromatic carbocycles. The van der Waals surface area contributed by atoms with Crippen LogP contribution >= 0.6 is 0 Å². The molecule has 15 heteroatoms. The first-order valence-corrected chi connectivity index (χ1v) is 13.2. The van der Waals surface area contributed by atoms with E-state index in [0.29, 0.717) is 13.2 Å². The molecule has 2 fully saturated rings. The molecule has 8 atom stereocenters. The van der Waals surface area contributed by atoms with Gasteiger partial charge in [-0.2, -0.15) is 0 Å². The summed E-state index contributed by atoms with van der Waals surface area (Å²) in [6.07, 6.45) is -5.88. The molecule has 0 N–H and O–H groups in total. The number of hydrogen-bond donors (Lipinski definition) is 0. The van der Waals surface area contributed by atoms with E-state index in [1.165, 1.54) is 19.4 Å². The highest BCUT2D eigenvalue weighted by Gasteiger charge is 2.54. The van der Waals surface area contributed by atoms with Gasteiger partial charge in [0.2, 0.25) is 12.6 Å². The molecule has 3 rings (SSSR count).